The summed E-state index contributed by atoms with van der Waals surface area (Å²) >= 11 is 0. The molecule has 3 nitrogen and oxygen atoms in total. The Morgan fingerprint density at radius 1 is 0.727 bits per heavy atom. The molecule has 0 aliphatic rings. The predicted octanol–water partition coefficient (Wildman–Crippen LogP) is 3.80. The zero-order valence-corrected chi connectivity index (χ0v) is 12.9. The molecule has 0 unspecified atom stereocenters. The molecule has 0 heterocycles. The SMILES string of the molecule is COc1ccc(C)cc1.OC(O)c1ccccccccc1. The normalized spacial score (nSPS) is 9.32. The van der Waals surface area contributed by atoms with E-state index in [-0.39, 0.29) is 0 Å². The molecule has 0 aliphatic heterocycles. The van der Waals surface area contributed by atoms with Gasteiger partial charge in [0.2, 0.25) is 0 Å². The molecular formula is C19H22O3. The molecule has 0 aliphatic carbocycles. The van der Waals surface area contributed by atoms with Crippen molar-refractivity contribution in [2.45, 2.75) is 13.2 Å². The lowest BCUT2D eigenvalue weighted by Gasteiger charge is -1.98. The second-order valence-electron chi connectivity index (χ2n) is 4.57. The molecule has 0 amide bonds. The molecule has 116 valence electrons. The summed E-state index contributed by atoms with van der Waals surface area (Å²) in [7, 11) is 1.67. The first-order valence-corrected chi connectivity index (χ1v) is 6.98. The van der Waals surface area contributed by atoms with Crippen LogP contribution in [0.1, 0.15) is 17.4 Å². The monoisotopic (exact) mass is 298 g/mol. The Bertz CT molecular complexity index is 566. The largest absolute Gasteiger partial charge is 0.497 e. The van der Waals surface area contributed by atoms with Gasteiger partial charge in [-0.3, -0.25) is 0 Å². The molecule has 2 aromatic carbocycles. The van der Waals surface area contributed by atoms with Crippen LogP contribution in [0.3, 0.4) is 0 Å². The Morgan fingerprint density at radius 2 is 1.18 bits per heavy atom. The van der Waals surface area contributed by atoms with Gasteiger partial charge < -0.3 is 14.9 Å². The first kappa shape index (κ1) is 17.7. The zero-order valence-electron chi connectivity index (χ0n) is 12.9. The van der Waals surface area contributed by atoms with Gasteiger partial charge in [0.25, 0.3) is 0 Å². The number of rotatable bonds is 2. The molecule has 0 spiro atoms. The molecule has 2 rings (SSSR count). The van der Waals surface area contributed by atoms with E-state index in [1.165, 1.54) is 5.56 Å². The zero-order chi connectivity index (χ0) is 16.2. The van der Waals surface area contributed by atoms with Crippen LogP contribution in [0.25, 0.3) is 0 Å². The van der Waals surface area contributed by atoms with Crippen molar-refractivity contribution in [1.82, 2.24) is 0 Å². The van der Waals surface area contributed by atoms with Crippen LogP contribution in [0, 0.1) is 6.92 Å². The van der Waals surface area contributed by atoms with Crippen molar-refractivity contribution in [2.75, 3.05) is 7.11 Å². The van der Waals surface area contributed by atoms with E-state index in [0.29, 0.717) is 5.56 Å². The molecule has 2 N–H and O–H groups in total. The molecule has 0 saturated heterocycles. The average molecular weight is 298 g/mol. The summed E-state index contributed by atoms with van der Waals surface area (Å²) in [5.74, 6) is 0.917. The van der Waals surface area contributed by atoms with Crippen LogP contribution < -0.4 is 4.74 Å². The summed E-state index contributed by atoms with van der Waals surface area (Å²) in [6.07, 6.45) is -1.42. The van der Waals surface area contributed by atoms with Gasteiger partial charge in [-0.25, -0.2) is 0 Å². The second kappa shape index (κ2) is 10.4. The van der Waals surface area contributed by atoms with Crippen molar-refractivity contribution in [3.05, 3.63) is 90.0 Å². The standard InChI is InChI=1S/C11H12O2.C8H10O/c12-11(13)10-8-6-4-2-1-3-5-7-9-10;1-7-3-5-8(9-2)6-4-7/h1-9,11-13H;3-6H,1-2H3. The maximum atomic E-state index is 8.92. The number of aryl methyl sites for hydroxylation is 1. The average Bonchev–Trinajstić information content (AvgIpc) is 2.53. The van der Waals surface area contributed by atoms with Crippen LogP contribution in [-0.4, -0.2) is 17.3 Å². The highest BCUT2D eigenvalue weighted by Crippen LogP contribution is 2.09. The molecule has 2 aromatic rings. The van der Waals surface area contributed by atoms with Crippen LogP contribution in [0.2, 0.25) is 0 Å². The van der Waals surface area contributed by atoms with E-state index in [4.69, 9.17) is 14.9 Å². The van der Waals surface area contributed by atoms with Crippen LogP contribution in [-0.2, 0) is 0 Å². The highest BCUT2D eigenvalue weighted by molar-refractivity contribution is 5.25. The van der Waals surface area contributed by atoms with Crippen LogP contribution in [0.4, 0.5) is 0 Å². The number of hydrogen-bond acceptors (Lipinski definition) is 3. The molecule has 0 fully saturated rings. The quantitative estimate of drug-likeness (QED) is 0.829. The predicted molar refractivity (Wildman–Crippen MR) is 89.0 cm³/mol. The fourth-order valence-corrected chi connectivity index (χ4v) is 1.56. The van der Waals surface area contributed by atoms with Gasteiger partial charge in [0, 0.05) is 5.56 Å². The van der Waals surface area contributed by atoms with Crippen molar-refractivity contribution in [3.8, 4) is 5.75 Å². The van der Waals surface area contributed by atoms with Gasteiger partial charge in [0.05, 0.1) is 7.11 Å². The van der Waals surface area contributed by atoms with Gasteiger partial charge in [-0.2, -0.15) is 0 Å². The molecule has 0 atom stereocenters. The van der Waals surface area contributed by atoms with E-state index >= 15 is 0 Å². The van der Waals surface area contributed by atoms with E-state index in [1.807, 2.05) is 54.6 Å². The first-order chi connectivity index (χ1) is 10.6. The number of aliphatic hydroxyl groups excluding tert-OH is 1. The van der Waals surface area contributed by atoms with Crippen LogP contribution in [0.15, 0.2) is 78.9 Å². The minimum atomic E-state index is -1.42. The summed E-state index contributed by atoms with van der Waals surface area (Å²) in [6.45, 7) is 2.06. The number of benzene rings is 1. The smallest absolute Gasteiger partial charge is 0.178 e. The highest BCUT2D eigenvalue weighted by Gasteiger charge is 1.96. The van der Waals surface area contributed by atoms with Crippen molar-refractivity contribution >= 4 is 0 Å². The lowest BCUT2D eigenvalue weighted by molar-refractivity contribution is -0.0424. The van der Waals surface area contributed by atoms with Crippen molar-refractivity contribution < 1.29 is 14.9 Å². The maximum Gasteiger partial charge on any atom is 0.178 e. The summed E-state index contributed by atoms with van der Waals surface area (Å²) in [5.41, 5.74) is 1.73. The Kier molecular flexibility index (Phi) is 8.35. The van der Waals surface area contributed by atoms with Gasteiger partial charge in [0.1, 0.15) is 5.75 Å². The maximum absolute atomic E-state index is 8.92. The number of methoxy groups -OCH3 is 1. The molecule has 0 bridgehead atoms. The minimum Gasteiger partial charge on any atom is -0.497 e. The number of ether oxygens (including phenoxy) is 1. The molecule has 22 heavy (non-hydrogen) atoms. The fraction of sp³-hybridized carbons (Fsp3) is 0.158. The Labute approximate surface area is 131 Å². The summed E-state index contributed by atoms with van der Waals surface area (Å²) < 4.78 is 4.97. The van der Waals surface area contributed by atoms with Crippen molar-refractivity contribution in [2.24, 2.45) is 0 Å². The van der Waals surface area contributed by atoms with Crippen molar-refractivity contribution in [1.29, 1.82) is 0 Å². The van der Waals surface area contributed by atoms with Gasteiger partial charge in [0.15, 0.2) is 6.29 Å². The van der Waals surface area contributed by atoms with E-state index in [9.17, 15) is 0 Å². The third-order valence-corrected chi connectivity index (χ3v) is 2.80. The van der Waals surface area contributed by atoms with Crippen molar-refractivity contribution in [3.63, 3.8) is 0 Å². The molecule has 3 heteroatoms. The van der Waals surface area contributed by atoms with Crippen LogP contribution in [0.5, 0.6) is 5.75 Å². The molecule has 0 saturated carbocycles. The van der Waals surface area contributed by atoms with E-state index in [2.05, 4.69) is 6.92 Å². The van der Waals surface area contributed by atoms with Gasteiger partial charge >= 0.3 is 0 Å². The van der Waals surface area contributed by atoms with E-state index in [1.54, 1.807) is 31.4 Å². The van der Waals surface area contributed by atoms with E-state index in [0.717, 1.165) is 5.75 Å². The topological polar surface area (TPSA) is 49.7 Å². The summed E-state index contributed by atoms with van der Waals surface area (Å²) in [6, 6.07) is 24.1. The third kappa shape index (κ3) is 7.43. The Balaban J connectivity index is 0.000000235. The lowest BCUT2D eigenvalue weighted by Crippen LogP contribution is -1.91. The lowest BCUT2D eigenvalue weighted by atomic mass is 10.2. The fourth-order valence-electron chi connectivity index (χ4n) is 1.56. The molecule has 0 aromatic heterocycles. The first-order valence-electron chi connectivity index (χ1n) is 6.98. The Morgan fingerprint density at radius 3 is 1.59 bits per heavy atom. The van der Waals surface area contributed by atoms with Gasteiger partial charge in [-0.05, 0) is 19.1 Å². The van der Waals surface area contributed by atoms with E-state index < -0.39 is 6.29 Å². The second-order valence-corrected chi connectivity index (χ2v) is 4.57. The molecule has 0 radical (unpaired) electrons. The number of hydrogen-bond donors (Lipinski definition) is 2. The summed E-state index contributed by atoms with van der Waals surface area (Å²) in [4.78, 5) is 0. The highest BCUT2D eigenvalue weighted by atomic mass is 16.5. The summed E-state index contributed by atoms with van der Waals surface area (Å²) in [5, 5.41) is 17.8. The minimum absolute atomic E-state index is 0.469. The Hall–Kier alpha value is -2.36. The molecular weight excluding hydrogens is 276 g/mol. The van der Waals surface area contributed by atoms with Gasteiger partial charge in [-0.1, -0.05) is 72.3 Å². The van der Waals surface area contributed by atoms with Crippen LogP contribution >= 0.6 is 0 Å². The third-order valence-electron chi connectivity index (χ3n) is 2.80. The number of aliphatic hydroxyl groups is 2. The van der Waals surface area contributed by atoms with Gasteiger partial charge in [-0.15, -0.1) is 0 Å².